The first-order chi connectivity index (χ1) is 18.0. The maximum Gasteiger partial charge on any atom is 0.119 e. The summed E-state index contributed by atoms with van der Waals surface area (Å²) < 4.78 is 0. The van der Waals surface area contributed by atoms with Gasteiger partial charge < -0.3 is 10.2 Å². The molecule has 0 unspecified atom stereocenters. The summed E-state index contributed by atoms with van der Waals surface area (Å²) in [5.41, 5.74) is 8.46. The summed E-state index contributed by atoms with van der Waals surface area (Å²) in [6.07, 6.45) is 0. The van der Waals surface area contributed by atoms with E-state index >= 15 is 0 Å². The Morgan fingerprint density at radius 3 is 0.784 bits per heavy atom. The maximum absolute atomic E-state index is 8.83. The molecule has 0 aliphatic heterocycles. The number of nitrogens with zero attached hydrogens (tertiary/aromatic N) is 4. The molecule has 0 bridgehead atoms. The van der Waals surface area contributed by atoms with E-state index < -0.39 is 0 Å². The van der Waals surface area contributed by atoms with Crippen molar-refractivity contribution in [1.82, 2.24) is 19.9 Å². The number of aromatic nitrogens is 4. The Kier molecular flexibility index (Phi) is 6.81. The molecule has 5 aromatic carbocycles. The van der Waals surface area contributed by atoms with Crippen LogP contribution in [0.4, 0.5) is 0 Å². The third-order valence-electron chi connectivity index (χ3n) is 5.54. The highest BCUT2D eigenvalue weighted by Gasteiger charge is 1.99. The van der Waals surface area contributed by atoms with Gasteiger partial charge in [0.15, 0.2) is 0 Å². The van der Waals surface area contributed by atoms with Gasteiger partial charge in [-0.25, -0.2) is 19.9 Å². The van der Waals surface area contributed by atoms with Gasteiger partial charge in [0.2, 0.25) is 0 Å². The average molecular weight is 485 g/mol. The van der Waals surface area contributed by atoms with E-state index in [-0.39, 0.29) is 11.5 Å². The van der Waals surface area contributed by atoms with Crippen molar-refractivity contribution in [2.24, 2.45) is 0 Å². The Hall–Kier alpha value is -5.10. The summed E-state index contributed by atoms with van der Waals surface area (Å²) in [4.78, 5) is 18.1. The molecule has 0 atom stereocenters. The molecule has 2 heterocycles. The van der Waals surface area contributed by atoms with E-state index in [1.807, 2.05) is 97.1 Å². The highest BCUT2D eigenvalue weighted by Crippen LogP contribution is 2.19. The van der Waals surface area contributed by atoms with Gasteiger partial charge in [-0.3, -0.25) is 0 Å². The third kappa shape index (κ3) is 5.77. The Bertz CT molecular complexity index is 1460. The molecule has 2 N–H and O–H groups in total. The van der Waals surface area contributed by atoms with Crippen LogP contribution in [0.15, 0.2) is 115 Å². The molecule has 0 amide bonds. The monoisotopic (exact) mass is 484 g/mol. The van der Waals surface area contributed by atoms with Crippen LogP contribution < -0.4 is 0 Å². The Morgan fingerprint density at radius 2 is 0.595 bits per heavy atom. The van der Waals surface area contributed by atoms with Crippen LogP contribution in [0.1, 0.15) is 5.56 Å². The van der Waals surface area contributed by atoms with Crippen molar-refractivity contribution in [2.45, 2.75) is 6.92 Å². The van der Waals surface area contributed by atoms with Crippen LogP contribution in [0.5, 0.6) is 11.5 Å². The molecule has 0 saturated carbocycles. The molecule has 7 rings (SSSR count). The second-order valence-corrected chi connectivity index (χ2v) is 8.43. The molecule has 37 heavy (non-hydrogen) atoms. The zero-order chi connectivity index (χ0) is 25.6. The van der Waals surface area contributed by atoms with E-state index in [0.29, 0.717) is 0 Å². The van der Waals surface area contributed by atoms with Crippen molar-refractivity contribution in [3.05, 3.63) is 121 Å². The first kappa shape index (κ1) is 23.6. The smallest absolute Gasteiger partial charge is 0.119 e. The lowest BCUT2D eigenvalue weighted by atomic mass is 10.2. The van der Waals surface area contributed by atoms with Gasteiger partial charge in [0, 0.05) is 6.07 Å². The second kappa shape index (κ2) is 10.7. The van der Waals surface area contributed by atoms with Gasteiger partial charge in [-0.05, 0) is 73.2 Å². The number of para-hydroxylation sites is 8. The van der Waals surface area contributed by atoms with E-state index in [2.05, 4.69) is 19.9 Å². The highest BCUT2D eigenvalue weighted by molar-refractivity contribution is 5.86. The number of rotatable bonds is 0. The first-order valence-electron chi connectivity index (χ1n) is 11.8. The Labute approximate surface area is 213 Å². The molecule has 0 radical (unpaired) electrons. The van der Waals surface area contributed by atoms with Crippen LogP contribution in [-0.4, -0.2) is 30.1 Å². The van der Waals surface area contributed by atoms with Gasteiger partial charge in [-0.2, -0.15) is 0 Å². The number of benzene rings is 5. The second-order valence-electron chi connectivity index (χ2n) is 8.43. The fourth-order valence-electron chi connectivity index (χ4n) is 3.88. The molecular formula is C31H24N4O2. The van der Waals surface area contributed by atoms with Gasteiger partial charge in [0.25, 0.3) is 0 Å². The van der Waals surface area contributed by atoms with Crippen LogP contribution in [0.25, 0.3) is 44.1 Å². The summed E-state index contributed by atoms with van der Waals surface area (Å²) in [5, 5.41) is 17.7. The number of aromatic hydroxyl groups is 2. The number of aryl methyl sites for hydroxylation is 1. The summed E-state index contributed by atoms with van der Waals surface area (Å²) in [7, 11) is 0. The van der Waals surface area contributed by atoms with Crippen LogP contribution in [0.3, 0.4) is 0 Å². The molecule has 0 spiro atoms. The fraction of sp³-hybridized carbons (Fsp3) is 0.0323. The number of phenolic OH excluding ortho intramolecular Hbond substituents is 2. The standard InChI is InChI=1S/2C12H8N2.C7H8O2/c2*1-2-6-10-9(5-1)13-11-7-3-4-8-12(11)14-10;1-5-2-6(8)4-7(9)3-5/h2*1-8H;2-4,8-9H,1H3. The summed E-state index contributed by atoms with van der Waals surface area (Å²) in [5.74, 6) is 0.208. The molecule has 180 valence electrons. The van der Waals surface area contributed by atoms with Crippen molar-refractivity contribution >= 4 is 44.1 Å². The predicted octanol–water partition coefficient (Wildman–Crippen LogP) is 6.97. The van der Waals surface area contributed by atoms with Crippen molar-refractivity contribution < 1.29 is 10.2 Å². The van der Waals surface area contributed by atoms with Crippen molar-refractivity contribution in [2.75, 3.05) is 0 Å². The maximum atomic E-state index is 8.83. The number of fused-ring (bicyclic) bond motifs is 4. The normalized spacial score (nSPS) is 10.5. The number of phenols is 2. The summed E-state index contributed by atoms with van der Waals surface area (Å²) in [6.45, 7) is 1.80. The van der Waals surface area contributed by atoms with Gasteiger partial charge >= 0.3 is 0 Å². The topological polar surface area (TPSA) is 92.0 Å². The number of hydrogen-bond acceptors (Lipinski definition) is 6. The van der Waals surface area contributed by atoms with Crippen LogP contribution in [0, 0.1) is 6.92 Å². The fourth-order valence-corrected chi connectivity index (χ4v) is 3.88. The van der Waals surface area contributed by atoms with E-state index in [4.69, 9.17) is 10.2 Å². The quantitative estimate of drug-likeness (QED) is 0.226. The largest absolute Gasteiger partial charge is 0.508 e. The van der Waals surface area contributed by atoms with Gasteiger partial charge in [-0.1, -0.05) is 48.5 Å². The molecule has 6 heteroatoms. The lowest BCUT2D eigenvalue weighted by Crippen LogP contribution is -1.85. The first-order valence-corrected chi connectivity index (χ1v) is 11.8. The zero-order valence-corrected chi connectivity index (χ0v) is 20.2. The summed E-state index contributed by atoms with van der Waals surface area (Å²) >= 11 is 0. The average Bonchev–Trinajstić information content (AvgIpc) is 2.90. The summed E-state index contributed by atoms with van der Waals surface area (Å²) in [6, 6.07) is 36.1. The number of hydrogen-bond donors (Lipinski definition) is 2. The zero-order valence-electron chi connectivity index (χ0n) is 20.2. The minimum atomic E-state index is 0.104. The van der Waals surface area contributed by atoms with Gasteiger partial charge in [-0.15, -0.1) is 0 Å². The minimum Gasteiger partial charge on any atom is -0.508 e. The molecule has 0 fully saturated rings. The van der Waals surface area contributed by atoms with Gasteiger partial charge in [0.1, 0.15) is 11.5 Å². The van der Waals surface area contributed by atoms with E-state index in [1.165, 1.54) is 6.07 Å². The van der Waals surface area contributed by atoms with Crippen molar-refractivity contribution in [1.29, 1.82) is 0 Å². The van der Waals surface area contributed by atoms with Gasteiger partial charge in [0.05, 0.1) is 44.1 Å². The molecule has 0 aliphatic carbocycles. The van der Waals surface area contributed by atoms with E-state index in [9.17, 15) is 0 Å². The SMILES string of the molecule is Cc1cc(O)cc(O)c1.c1ccc2nc3ccccc3nc2c1.c1ccc2nc3ccccc3nc2c1. The third-order valence-corrected chi connectivity index (χ3v) is 5.54. The molecular weight excluding hydrogens is 460 g/mol. The molecule has 7 aromatic rings. The molecule has 0 aliphatic rings. The molecule has 0 saturated heterocycles. The van der Waals surface area contributed by atoms with E-state index in [1.54, 1.807) is 19.1 Å². The predicted molar refractivity (Wildman–Crippen MR) is 149 cm³/mol. The lowest BCUT2D eigenvalue weighted by molar-refractivity contribution is 0.450. The lowest BCUT2D eigenvalue weighted by Gasteiger charge is -1.98. The van der Waals surface area contributed by atoms with Crippen LogP contribution in [-0.2, 0) is 0 Å². The van der Waals surface area contributed by atoms with Crippen LogP contribution >= 0.6 is 0 Å². The van der Waals surface area contributed by atoms with Crippen LogP contribution in [0.2, 0.25) is 0 Å². The minimum absolute atomic E-state index is 0.104. The molecule has 6 nitrogen and oxygen atoms in total. The van der Waals surface area contributed by atoms with E-state index in [0.717, 1.165) is 49.7 Å². The van der Waals surface area contributed by atoms with Crippen molar-refractivity contribution in [3.63, 3.8) is 0 Å². The highest BCUT2D eigenvalue weighted by atomic mass is 16.3. The molecule has 2 aromatic heterocycles. The van der Waals surface area contributed by atoms with Crippen molar-refractivity contribution in [3.8, 4) is 11.5 Å². The Morgan fingerprint density at radius 1 is 0.378 bits per heavy atom. The Balaban J connectivity index is 0.000000117.